The van der Waals surface area contributed by atoms with Gasteiger partial charge in [0.2, 0.25) is 0 Å². The van der Waals surface area contributed by atoms with Crippen LogP contribution in [0.1, 0.15) is 40.4 Å². The quantitative estimate of drug-likeness (QED) is 0.309. The minimum absolute atomic E-state index is 0.000281. The van der Waals surface area contributed by atoms with Gasteiger partial charge in [-0.2, -0.15) is 5.10 Å². The molecule has 0 spiro atoms. The molecule has 5 aromatic rings. The van der Waals surface area contributed by atoms with Crippen molar-refractivity contribution in [2.45, 2.75) is 13.0 Å². The van der Waals surface area contributed by atoms with Crippen LogP contribution in [-0.2, 0) is 7.05 Å². The molecular formula is C27H23N9O2. The van der Waals surface area contributed by atoms with Crippen LogP contribution in [0.5, 0.6) is 0 Å². The fourth-order valence-corrected chi connectivity index (χ4v) is 3.87. The molecule has 3 aromatic heterocycles. The van der Waals surface area contributed by atoms with Gasteiger partial charge in [-0.1, -0.05) is 36.1 Å². The molecule has 11 heteroatoms. The highest BCUT2D eigenvalue weighted by Gasteiger charge is 2.22. The van der Waals surface area contributed by atoms with Crippen LogP contribution < -0.4 is 22.0 Å². The van der Waals surface area contributed by atoms with Gasteiger partial charge in [0.1, 0.15) is 0 Å². The Bertz CT molecular complexity index is 1760. The Morgan fingerprint density at radius 1 is 1.05 bits per heavy atom. The molecular weight excluding hydrogens is 482 g/mol. The number of nitrogens with one attached hydrogen (secondary N) is 2. The molecule has 5 rings (SSSR count). The van der Waals surface area contributed by atoms with E-state index >= 15 is 0 Å². The Morgan fingerprint density at radius 2 is 1.84 bits per heavy atom. The number of rotatable bonds is 5. The van der Waals surface area contributed by atoms with E-state index in [1.807, 2.05) is 30.3 Å². The number of nitrogens with two attached hydrogens (primary N) is 1. The molecule has 0 aliphatic carbocycles. The Morgan fingerprint density at radius 3 is 2.58 bits per heavy atom. The van der Waals surface area contributed by atoms with E-state index < -0.39 is 11.9 Å². The smallest absolute Gasteiger partial charge is 0.281 e. The molecule has 0 unspecified atom stereocenters. The first-order valence-corrected chi connectivity index (χ1v) is 11.7. The first-order valence-electron chi connectivity index (χ1n) is 11.7. The van der Waals surface area contributed by atoms with Crippen molar-refractivity contribution < 1.29 is 4.79 Å². The molecule has 1 amide bonds. The van der Waals surface area contributed by atoms with Crippen LogP contribution in [0, 0.1) is 11.8 Å². The van der Waals surface area contributed by atoms with Crippen molar-refractivity contribution in [3.63, 3.8) is 0 Å². The lowest BCUT2D eigenvalue weighted by molar-refractivity contribution is 0.0933. The van der Waals surface area contributed by atoms with E-state index in [2.05, 4.69) is 37.7 Å². The molecule has 188 valence electrons. The summed E-state index contributed by atoms with van der Waals surface area (Å²) in [6, 6.07) is 13.8. The van der Waals surface area contributed by atoms with Crippen LogP contribution in [-0.4, -0.2) is 35.3 Å². The second kappa shape index (κ2) is 10.2. The number of fused-ring (bicyclic) bond motifs is 1. The van der Waals surface area contributed by atoms with Crippen LogP contribution in [0.15, 0.2) is 78.1 Å². The fourth-order valence-electron chi connectivity index (χ4n) is 3.87. The zero-order chi connectivity index (χ0) is 26.6. The monoisotopic (exact) mass is 505 g/mol. The third-order valence-electron chi connectivity index (χ3n) is 5.66. The van der Waals surface area contributed by atoms with Crippen molar-refractivity contribution in [1.29, 1.82) is 0 Å². The molecule has 0 bridgehead atoms. The van der Waals surface area contributed by atoms with Gasteiger partial charge in [-0.25, -0.2) is 19.6 Å². The predicted molar refractivity (Wildman–Crippen MR) is 143 cm³/mol. The van der Waals surface area contributed by atoms with Gasteiger partial charge >= 0.3 is 0 Å². The number of carbonyl (C=O) groups is 1. The number of para-hydroxylation sites is 1. The van der Waals surface area contributed by atoms with Gasteiger partial charge in [-0.15, -0.1) is 0 Å². The number of carbonyl (C=O) groups excluding carboxylic acids is 1. The minimum Gasteiger partial charge on any atom is -0.382 e. The average molecular weight is 506 g/mol. The Labute approximate surface area is 217 Å². The Balaban J connectivity index is 1.62. The molecule has 0 aliphatic rings. The van der Waals surface area contributed by atoms with Crippen LogP contribution in [0.25, 0.3) is 10.9 Å². The lowest BCUT2D eigenvalue weighted by atomic mass is 10.1. The lowest BCUT2D eigenvalue weighted by Gasteiger charge is -2.20. The molecule has 0 saturated carbocycles. The number of hydrogen-bond acceptors (Lipinski definition) is 8. The van der Waals surface area contributed by atoms with Gasteiger partial charge in [0.15, 0.2) is 17.3 Å². The van der Waals surface area contributed by atoms with Crippen molar-refractivity contribution >= 4 is 28.3 Å². The maximum absolute atomic E-state index is 13.9. The topological polar surface area (TPSA) is 146 Å². The first-order chi connectivity index (χ1) is 18.4. The van der Waals surface area contributed by atoms with Gasteiger partial charge in [-0.05, 0) is 31.2 Å². The van der Waals surface area contributed by atoms with E-state index in [0.717, 1.165) is 5.56 Å². The largest absolute Gasteiger partial charge is 0.382 e. The fraction of sp³-hybridized carbons (Fsp3) is 0.111. The number of amides is 1. The van der Waals surface area contributed by atoms with E-state index in [9.17, 15) is 9.59 Å². The van der Waals surface area contributed by atoms with Gasteiger partial charge < -0.3 is 11.1 Å². The van der Waals surface area contributed by atoms with E-state index in [0.29, 0.717) is 22.2 Å². The number of aryl methyl sites for hydroxylation is 1. The van der Waals surface area contributed by atoms with Crippen molar-refractivity contribution in [3.8, 4) is 11.8 Å². The third kappa shape index (κ3) is 4.91. The van der Waals surface area contributed by atoms with E-state index in [4.69, 9.17) is 10.7 Å². The summed E-state index contributed by atoms with van der Waals surface area (Å²) >= 11 is 0. The summed E-state index contributed by atoms with van der Waals surface area (Å²) in [4.78, 5) is 39.5. The van der Waals surface area contributed by atoms with E-state index in [-0.39, 0.29) is 22.9 Å². The zero-order valence-corrected chi connectivity index (χ0v) is 20.6. The maximum Gasteiger partial charge on any atom is 0.281 e. The van der Waals surface area contributed by atoms with Crippen LogP contribution >= 0.6 is 0 Å². The summed E-state index contributed by atoms with van der Waals surface area (Å²) in [6.45, 7) is 1.72. The Hall–Kier alpha value is -5.50. The van der Waals surface area contributed by atoms with Crippen molar-refractivity contribution in [1.82, 2.24) is 34.7 Å². The minimum atomic E-state index is -0.706. The molecule has 0 fully saturated rings. The number of benzene rings is 2. The molecule has 0 saturated heterocycles. The van der Waals surface area contributed by atoms with E-state index in [1.54, 1.807) is 49.2 Å². The van der Waals surface area contributed by atoms with Gasteiger partial charge in [0.25, 0.3) is 11.5 Å². The standard InChI is InChI=1S/C27H23N9O2/c1-17(32-26(37)23-24(28)30-14-13-29-23)25-33-21-10-6-7-19(12-11-18-15-31-35(2)16-18)22(21)27(38)36(25)34-20-8-4-3-5-9-20/h3-10,13-17,34H,1-2H3,(H2,28,30)(H,32,37)/t17-/m1/s1. The van der Waals surface area contributed by atoms with Crippen molar-refractivity contribution in [3.05, 3.63) is 106 Å². The average Bonchev–Trinajstić information content (AvgIpc) is 3.34. The number of hydrogen-bond donors (Lipinski definition) is 3. The van der Waals surface area contributed by atoms with Crippen molar-refractivity contribution in [2.24, 2.45) is 7.05 Å². The molecule has 38 heavy (non-hydrogen) atoms. The molecule has 2 aromatic carbocycles. The highest BCUT2D eigenvalue weighted by atomic mass is 16.2. The third-order valence-corrected chi connectivity index (χ3v) is 5.66. The summed E-state index contributed by atoms with van der Waals surface area (Å²) in [6.07, 6.45) is 6.22. The first kappa shape index (κ1) is 24.2. The summed E-state index contributed by atoms with van der Waals surface area (Å²) in [7, 11) is 1.81. The molecule has 4 N–H and O–H groups in total. The van der Waals surface area contributed by atoms with Crippen molar-refractivity contribution in [2.75, 3.05) is 11.2 Å². The van der Waals surface area contributed by atoms with Gasteiger partial charge in [-0.3, -0.25) is 19.7 Å². The normalized spacial score (nSPS) is 11.4. The molecule has 0 aliphatic heterocycles. The predicted octanol–water partition coefficient (Wildman–Crippen LogP) is 2.27. The maximum atomic E-state index is 13.9. The van der Waals surface area contributed by atoms with E-state index in [1.165, 1.54) is 17.1 Å². The second-order valence-electron chi connectivity index (χ2n) is 8.43. The molecule has 0 radical (unpaired) electrons. The lowest BCUT2D eigenvalue weighted by Crippen LogP contribution is -2.37. The number of nitrogens with zero attached hydrogens (tertiary/aromatic N) is 6. The van der Waals surface area contributed by atoms with Crippen LogP contribution in [0.4, 0.5) is 11.5 Å². The highest BCUT2D eigenvalue weighted by Crippen LogP contribution is 2.19. The summed E-state index contributed by atoms with van der Waals surface area (Å²) in [5.74, 6) is 5.86. The second-order valence-corrected chi connectivity index (χ2v) is 8.43. The summed E-state index contributed by atoms with van der Waals surface area (Å²) in [5.41, 5.74) is 10.9. The Kier molecular flexibility index (Phi) is 6.52. The highest BCUT2D eigenvalue weighted by molar-refractivity contribution is 5.96. The van der Waals surface area contributed by atoms with Crippen LogP contribution in [0.3, 0.4) is 0 Å². The van der Waals surface area contributed by atoms with Gasteiger partial charge in [0.05, 0.1) is 34.4 Å². The summed E-state index contributed by atoms with van der Waals surface area (Å²) < 4.78 is 2.97. The SMILES string of the molecule is C[C@@H](NC(=O)c1nccnc1N)c1nc2cccc(C#Cc3cnn(C)c3)c2c(=O)n1Nc1ccccc1. The molecule has 3 heterocycles. The summed E-state index contributed by atoms with van der Waals surface area (Å²) in [5, 5.41) is 7.28. The van der Waals surface area contributed by atoms with Crippen LogP contribution in [0.2, 0.25) is 0 Å². The number of nitrogen functional groups attached to an aromatic ring is 1. The molecule has 11 nitrogen and oxygen atoms in total. The van der Waals surface area contributed by atoms with Gasteiger partial charge in [0, 0.05) is 31.2 Å². The zero-order valence-electron chi connectivity index (χ0n) is 20.6. The number of anilines is 2. The number of aromatic nitrogens is 6. The molecule has 1 atom stereocenters.